The van der Waals surface area contributed by atoms with Gasteiger partial charge in [-0.25, -0.2) is 0 Å². The lowest BCUT2D eigenvalue weighted by molar-refractivity contribution is -0.142. The molecular weight excluding hydrogens is 230 g/mol. The first-order valence-corrected chi connectivity index (χ1v) is 7.23. The van der Waals surface area contributed by atoms with E-state index in [1.165, 1.54) is 0 Å². The number of hydrogen-bond donors (Lipinski definition) is 1. The molecule has 0 spiro atoms. The Bertz CT molecular complexity index is 276. The molecule has 0 aromatic rings. The van der Waals surface area contributed by atoms with Crippen LogP contribution in [0.4, 0.5) is 0 Å². The highest BCUT2D eigenvalue weighted by atomic mass is 16.5. The fourth-order valence-corrected chi connectivity index (χ4v) is 3.16. The number of ether oxygens (including phenoxy) is 1. The van der Waals surface area contributed by atoms with Crippen LogP contribution in [0.1, 0.15) is 39.0 Å². The number of likely N-dealkylation sites (tertiary alicyclic amines) is 1. The Morgan fingerprint density at radius 1 is 1.33 bits per heavy atom. The van der Waals surface area contributed by atoms with Gasteiger partial charge in [0.1, 0.15) is 0 Å². The second-order valence-corrected chi connectivity index (χ2v) is 5.60. The van der Waals surface area contributed by atoms with Crippen LogP contribution in [0.25, 0.3) is 0 Å². The summed E-state index contributed by atoms with van der Waals surface area (Å²) in [4.78, 5) is 14.5. The van der Waals surface area contributed by atoms with E-state index >= 15 is 0 Å². The molecule has 1 N–H and O–H groups in total. The Morgan fingerprint density at radius 2 is 2.06 bits per heavy atom. The maximum atomic E-state index is 12.5. The van der Waals surface area contributed by atoms with Crippen molar-refractivity contribution in [2.45, 2.75) is 45.1 Å². The molecule has 2 saturated heterocycles. The van der Waals surface area contributed by atoms with Gasteiger partial charge in [-0.2, -0.15) is 0 Å². The Hall–Kier alpha value is -0.610. The summed E-state index contributed by atoms with van der Waals surface area (Å²) >= 11 is 0. The number of carbonyl (C=O) groups is 1. The SMILES string of the molecule is CC(C(=O)N1CCCCC1CO)C1CCOCC1. The van der Waals surface area contributed by atoms with Gasteiger partial charge in [-0.15, -0.1) is 0 Å². The molecule has 4 nitrogen and oxygen atoms in total. The monoisotopic (exact) mass is 255 g/mol. The van der Waals surface area contributed by atoms with Crippen molar-refractivity contribution in [1.82, 2.24) is 4.90 Å². The van der Waals surface area contributed by atoms with Gasteiger partial charge in [-0.3, -0.25) is 4.79 Å². The predicted molar refractivity (Wildman–Crippen MR) is 69.1 cm³/mol. The maximum Gasteiger partial charge on any atom is 0.226 e. The Morgan fingerprint density at radius 3 is 2.72 bits per heavy atom. The van der Waals surface area contributed by atoms with Crippen LogP contribution < -0.4 is 0 Å². The van der Waals surface area contributed by atoms with Crippen molar-refractivity contribution in [1.29, 1.82) is 0 Å². The standard InChI is InChI=1S/C14H25NO3/c1-11(12-5-8-18-9-6-12)14(17)15-7-3-2-4-13(15)10-16/h11-13,16H,2-10H2,1H3. The van der Waals surface area contributed by atoms with E-state index in [0.717, 1.165) is 51.9 Å². The second kappa shape index (κ2) is 6.53. The van der Waals surface area contributed by atoms with E-state index in [4.69, 9.17) is 4.74 Å². The van der Waals surface area contributed by atoms with E-state index in [2.05, 4.69) is 0 Å². The van der Waals surface area contributed by atoms with Gasteiger partial charge in [0.15, 0.2) is 0 Å². The van der Waals surface area contributed by atoms with Crippen LogP contribution in [0.15, 0.2) is 0 Å². The molecule has 0 saturated carbocycles. The van der Waals surface area contributed by atoms with Crippen LogP contribution in [0.2, 0.25) is 0 Å². The highest BCUT2D eigenvalue weighted by molar-refractivity contribution is 5.79. The smallest absolute Gasteiger partial charge is 0.226 e. The van der Waals surface area contributed by atoms with Gasteiger partial charge in [0.25, 0.3) is 0 Å². The average molecular weight is 255 g/mol. The molecule has 4 heteroatoms. The molecule has 0 radical (unpaired) electrons. The van der Waals surface area contributed by atoms with Crippen molar-refractivity contribution in [2.24, 2.45) is 11.8 Å². The third-order valence-electron chi connectivity index (χ3n) is 4.48. The fourth-order valence-electron chi connectivity index (χ4n) is 3.16. The second-order valence-electron chi connectivity index (χ2n) is 5.60. The molecular formula is C14H25NO3. The molecule has 2 aliphatic rings. The molecule has 2 fully saturated rings. The summed E-state index contributed by atoms with van der Waals surface area (Å²) in [6, 6.07) is 0.0496. The minimum Gasteiger partial charge on any atom is -0.394 e. The molecule has 2 heterocycles. The van der Waals surface area contributed by atoms with Gasteiger partial charge in [-0.1, -0.05) is 6.92 Å². The van der Waals surface area contributed by atoms with Crippen molar-refractivity contribution >= 4 is 5.91 Å². The molecule has 1 amide bonds. The number of amides is 1. The Balaban J connectivity index is 1.95. The molecule has 18 heavy (non-hydrogen) atoms. The lowest BCUT2D eigenvalue weighted by Gasteiger charge is -2.38. The zero-order valence-corrected chi connectivity index (χ0v) is 11.3. The minimum absolute atomic E-state index is 0.0496. The third kappa shape index (κ3) is 3.04. The van der Waals surface area contributed by atoms with Crippen molar-refractivity contribution in [3.05, 3.63) is 0 Å². The Kier molecular flexibility index (Phi) is 5.01. The lowest BCUT2D eigenvalue weighted by atomic mass is 9.85. The summed E-state index contributed by atoms with van der Waals surface area (Å²) in [5.41, 5.74) is 0. The number of aliphatic hydroxyl groups is 1. The van der Waals surface area contributed by atoms with E-state index in [0.29, 0.717) is 5.92 Å². The molecule has 0 aromatic heterocycles. The first kappa shape index (κ1) is 13.8. The maximum absolute atomic E-state index is 12.5. The molecule has 0 bridgehead atoms. The van der Waals surface area contributed by atoms with Crippen LogP contribution in [0.3, 0.4) is 0 Å². The first-order chi connectivity index (χ1) is 8.74. The van der Waals surface area contributed by atoms with Crippen molar-refractivity contribution in [2.75, 3.05) is 26.4 Å². The van der Waals surface area contributed by atoms with Crippen LogP contribution in [-0.2, 0) is 9.53 Å². The number of carbonyl (C=O) groups excluding carboxylic acids is 1. The molecule has 0 aliphatic carbocycles. The number of rotatable bonds is 3. The van der Waals surface area contributed by atoms with Gasteiger partial charge in [-0.05, 0) is 38.0 Å². The fraction of sp³-hybridized carbons (Fsp3) is 0.929. The number of piperidine rings is 1. The summed E-state index contributed by atoms with van der Waals surface area (Å²) < 4.78 is 5.35. The van der Waals surface area contributed by atoms with Crippen LogP contribution >= 0.6 is 0 Å². The molecule has 2 aliphatic heterocycles. The van der Waals surface area contributed by atoms with Crippen LogP contribution in [0, 0.1) is 11.8 Å². The molecule has 2 atom stereocenters. The zero-order valence-electron chi connectivity index (χ0n) is 11.3. The van der Waals surface area contributed by atoms with Crippen LogP contribution in [-0.4, -0.2) is 48.3 Å². The van der Waals surface area contributed by atoms with Crippen molar-refractivity contribution in [3.8, 4) is 0 Å². The zero-order chi connectivity index (χ0) is 13.0. The summed E-state index contributed by atoms with van der Waals surface area (Å²) in [6.07, 6.45) is 5.13. The van der Waals surface area contributed by atoms with E-state index < -0.39 is 0 Å². The first-order valence-electron chi connectivity index (χ1n) is 7.23. The van der Waals surface area contributed by atoms with E-state index in [1.54, 1.807) is 0 Å². The minimum atomic E-state index is 0.0496. The lowest BCUT2D eigenvalue weighted by Crippen LogP contribution is -2.49. The Labute approximate surface area is 109 Å². The number of nitrogens with zero attached hydrogens (tertiary/aromatic N) is 1. The molecule has 0 aromatic carbocycles. The molecule has 104 valence electrons. The van der Waals surface area contributed by atoms with Crippen LogP contribution in [0.5, 0.6) is 0 Å². The number of hydrogen-bond acceptors (Lipinski definition) is 3. The summed E-state index contributed by atoms with van der Waals surface area (Å²) in [5, 5.41) is 9.39. The molecule has 2 unspecified atom stereocenters. The summed E-state index contributed by atoms with van der Waals surface area (Å²) in [7, 11) is 0. The summed E-state index contributed by atoms with van der Waals surface area (Å²) in [6.45, 7) is 4.53. The highest BCUT2D eigenvalue weighted by Gasteiger charge is 2.33. The van der Waals surface area contributed by atoms with Gasteiger partial charge < -0.3 is 14.7 Å². The van der Waals surface area contributed by atoms with Gasteiger partial charge >= 0.3 is 0 Å². The van der Waals surface area contributed by atoms with E-state index in [9.17, 15) is 9.90 Å². The molecule has 2 rings (SSSR count). The van der Waals surface area contributed by atoms with Gasteiger partial charge in [0.05, 0.1) is 12.6 Å². The average Bonchev–Trinajstić information content (AvgIpc) is 2.46. The highest BCUT2D eigenvalue weighted by Crippen LogP contribution is 2.27. The van der Waals surface area contributed by atoms with Gasteiger partial charge in [0, 0.05) is 25.7 Å². The largest absolute Gasteiger partial charge is 0.394 e. The van der Waals surface area contributed by atoms with E-state index in [-0.39, 0.29) is 24.5 Å². The normalized spacial score (nSPS) is 28.1. The van der Waals surface area contributed by atoms with Crippen molar-refractivity contribution < 1.29 is 14.6 Å². The van der Waals surface area contributed by atoms with Crippen molar-refractivity contribution in [3.63, 3.8) is 0 Å². The topological polar surface area (TPSA) is 49.8 Å². The summed E-state index contributed by atoms with van der Waals surface area (Å²) in [5.74, 6) is 0.759. The predicted octanol–water partition coefficient (Wildman–Crippen LogP) is 1.42. The van der Waals surface area contributed by atoms with E-state index in [1.807, 2.05) is 11.8 Å². The quantitative estimate of drug-likeness (QED) is 0.830. The number of aliphatic hydroxyl groups excluding tert-OH is 1. The third-order valence-corrected chi connectivity index (χ3v) is 4.48. The van der Waals surface area contributed by atoms with Gasteiger partial charge in [0.2, 0.25) is 5.91 Å².